The van der Waals surface area contributed by atoms with Crippen molar-refractivity contribution in [3.8, 4) is 0 Å². The molecule has 112 valence electrons. The van der Waals surface area contributed by atoms with E-state index < -0.39 is 5.82 Å². The molecule has 0 aliphatic heterocycles. The molecule has 0 bridgehead atoms. The van der Waals surface area contributed by atoms with Crippen LogP contribution in [0.5, 0.6) is 0 Å². The van der Waals surface area contributed by atoms with E-state index in [2.05, 4.69) is 5.32 Å². The normalized spacial score (nSPS) is 10.4. The number of carbonyl (C=O) groups is 1. The highest BCUT2D eigenvalue weighted by Crippen LogP contribution is 2.21. The number of aliphatic hydroxyl groups is 1. The fourth-order valence-electron chi connectivity index (χ4n) is 2.01. The molecule has 0 unspecified atom stereocenters. The van der Waals surface area contributed by atoms with Crippen molar-refractivity contribution in [3.63, 3.8) is 0 Å². The van der Waals surface area contributed by atoms with Gasteiger partial charge in [-0.1, -0.05) is 19.4 Å². The Kier molecular flexibility index (Phi) is 7.01. The standard InChI is InChI=1S/C15H23FN2O2/c1-3-5-9-18(10-11-19)15(20)12-7-6-8-13(16)14(12)17-4-2/h6-8,17,19H,3-5,9-11H2,1-2H3. The second-order valence-corrected chi connectivity index (χ2v) is 4.56. The van der Waals surface area contributed by atoms with Crippen LogP contribution in [0.4, 0.5) is 10.1 Å². The van der Waals surface area contributed by atoms with E-state index in [1.54, 1.807) is 11.0 Å². The van der Waals surface area contributed by atoms with Gasteiger partial charge in [0.2, 0.25) is 0 Å². The fourth-order valence-corrected chi connectivity index (χ4v) is 2.01. The Morgan fingerprint density at radius 1 is 1.35 bits per heavy atom. The maximum Gasteiger partial charge on any atom is 0.256 e. The minimum absolute atomic E-state index is 0.0959. The largest absolute Gasteiger partial charge is 0.395 e. The summed E-state index contributed by atoms with van der Waals surface area (Å²) in [6.45, 7) is 5.16. The third-order valence-electron chi connectivity index (χ3n) is 3.04. The summed E-state index contributed by atoms with van der Waals surface area (Å²) in [5.41, 5.74) is 0.552. The number of rotatable bonds is 8. The van der Waals surface area contributed by atoms with Gasteiger partial charge in [-0.2, -0.15) is 0 Å². The molecular formula is C15H23FN2O2. The summed E-state index contributed by atoms with van der Waals surface area (Å²) in [4.78, 5) is 14.1. The SMILES string of the molecule is CCCCN(CCO)C(=O)c1cccc(F)c1NCC. The van der Waals surface area contributed by atoms with Gasteiger partial charge < -0.3 is 15.3 Å². The Morgan fingerprint density at radius 3 is 2.70 bits per heavy atom. The lowest BCUT2D eigenvalue weighted by Crippen LogP contribution is -2.35. The van der Waals surface area contributed by atoms with Crippen molar-refractivity contribution in [2.24, 2.45) is 0 Å². The molecule has 0 aliphatic rings. The topological polar surface area (TPSA) is 52.6 Å². The number of halogens is 1. The second-order valence-electron chi connectivity index (χ2n) is 4.56. The summed E-state index contributed by atoms with van der Waals surface area (Å²) < 4.78 is 13.8. The first-order chi connectivity index (χ1) is 9.65. The van der Waals surface area contributed by atoms with E-state index in [0.717, 1.165) is 12.8 Å². The molecule has 0 aromatic heterocycles. The van der Waals surface area contributed by atoms with Crippen LogP contribution in [0, 0.1) is 5.82 Å². The van der Waals surface area contributed by atoms with Gasteiger partial charge in [0.05, 0.1) is 17.9 Å². The van der Waals surface area contributed by atoms with Gasteiger partial charge in [-0.3, -0.25) is 4.79 Å². The first-order valence-corrected chi connectivity index (χ1v) is 7.08. The van der Waals surface area contributed by atoms with Crippen LogP contribution in [-0.4, -0.2) is 42.2 Å². The molecule has 2 N–H and O–H groups in total. The predicted molar refractivity (Wildman–Crippen MR) is 78.5 cm³/mol. The lowest BCUT2D eigenvalue weighted by Gasteiger charge is -2.23. The van der Waals surface area contributed by atoms with Crippen molar-refractivity contribution in [2.45, 2.75) is 26.7 Å². The molecule has 0 atom stereocenters. The fraction of sp³-hybridized carbons (Fsp3) is 0.533. The van der Waals surface area contributed by atoms with Gasteiger partial charge in [0.1, 0.15) is 5.82 Å². The zero-order valence-corrected chi connectivity index (χ0v) is 12.2. The number of hydrogen-bond acceptors (Lipinski definition) is 3. The number of unbranched alkanes of at least 4 members (excludes halogenated alkanes) is 1. The summed E-state index contributed by atoms with van der Waals surface area (Å²) in [5, 5.41) is 12.0. The molecule has 0 saturated heterocycles. The highest BCUT2D eigenvalue weighted by atomic mass is 19.1. The molecule has 1 aromatic rings. The van der Waals surface area contributed by atoms with Crippen LogP contribution in [0.3, 0.4) is 0 Å². The van der Waals surface area contributed by atoms with Gasteiger partial charge in [-0.15, -0.1) is 0 Å². The summed E-state index contributed by atoms with van der Waals surface area (Å²) >= 11 is 0. The minimum Gasteiger partial charge on any atom is -0.395 e. The number of para-hydroxylation sites is 1. The van der Waals surface area contributed by atoms with Crippen LogP contribution in [0.1, 0.15) is 37.0 Å². The Labute approximate surface area is 119 Å². The summed E-state index contributed by atoms with van der Waals surface area (Å²) in [7, 11) is 0. The van der Waals surface area contributed by atoms with E-state index in [-0.39, 0.29) is 24.7 Å². The van der Waals surface area contributed by atoms with Gasteiger partial charge in [-0.25, -0.2) is 4.39 Å². The smallest absolute Gasteiger partial charge is 0.256 e. The Morgan fingerprint density at radius 2 is 2.10 bits per heavy atom. The molecule has 0 spiro atoms. The highest BCUT2D eigenvalue weighted by Gasteiger charge is 2.20. The number of nitrogens with one attached hydrogen (secondary N) is 1. The minimum atomic E-state index is -0.433. The predicted octanol–water partition coefficient (Wildman–Crippen LogP) is 2.49. The average molecular weight is 282 g/mol. The van der Waals surface area contributed by atoms with Crippen molar-refractivity contribution in [2.75, 3.05) is 31.6 Å². The van der Waals surface area contributed by atoms with E-state index >= 15 is 0 Å². The van der Waals surface area contributed by atoms with Crippen LogP contribution in [0.2, 0.25) is 0 Å². The van der Waals surface area contributed by atoms with Gasteiger partial charge >= 0.3 is 0 Å². The molecule has 5 heteroatoms. The summed E-state index contributed by atoms with van der Waals surface area (Å²) in [5.74, 6) is -0.680. The van der Waals surface area contributed by atoms with Crippen molar-refractivity contribution >= 4 is 11.6 Å². The lowest BCUT2D eigenvalue weighted by molar-refractivity contribution is 0.0720. The van der Waals surface area contributed by atoms with Gasteiger partial charge in [0.25, 0.3) is 5.91 Å². The third kappa shape index (κ3) is 4.20. The van der Waals surface area contributed by atoms with Crippen LogP contribution >= 0.6 is 0 Å². The Hall–Kier alpha value is -1.62. The molecule has 4 nitrogen and oxygen atoms in total. The molecule has 20 heavy (non-hydrogen) atoms. The average Bonchev–Trinajstić information content (AvgIpc) is 2.45. The molecule has 0 saturated carbocycles. The Balaban J connectivity index is 3.01. The van der Waals surface area contributed by atoms with E-state index in [1.165, 1.54) is 12.1 Å². The number of aliphatic hydroxyl groups excluding tert-OH is 1. The monoisotopic (exact) mass is 282 g/mol. The first-order valence-electron chi connectivity index (χ1n) is 7.08. The maximum absolute atomic E-state index is 13.8. The highest BCUT2D eigenvalue weighted by molar-refractivity contribution is 5.99. The number of hydrogen-bond donors (Lipinski definition) is 2. The maximum atomic E-state index is 13.8. The molecule has 0 heterocycles. The van der Waals surface area contributed by atoms with Crippen molar-refractivity contribution < 1.29 is 14.3 Å². The van der Waals surface area contributed by atoms with E-state index in [0.29, 0.717) is 18.7 Å². The summed E-state index contributed by atoms with van der Waals surface area (Å²) in [6.07, 6.45) is 1.82. The molecule has 1 aromatic carbocycles. The number of carbonyl (C=O) groups excluding carboxylic acids is 1. The van der Waals surface area contributed by atoms with Gasteiger partial charge in [0, 0.05) is 19.6 Å². The quantitative estimate of drug-likeness (QED) is 0.770. The number of anilines is 1. The van der Waals surface area contributed by atoms with E-state index in [9.17, 15) is 9.18 Å². The molecular weight excluding hydrogens is 259 g/mol. The molecule has 0 fully saturated rings. The van der Waals surface area contributed by atoms with Crippen molar-refractivity contribution in [1.29, 1.82) is 0 Å². The van der Waals surface area contributed by atoms with Crippen LogP contribution in [0.15, 0.2) is 18.2 Å². The zero-order valence-electron chi connectivity index (χ0n) is 12.2. The zero-order chi connectivity index (χ0) is 15.0. The second kappa shape index (κ2) is 8.53. The number of amides is 1. The lowest BCUT2D eigenvalue weighted by atomic mass is 10.1. The van der Waals surface area contributed by atoms with Crippen LogP contribution in [0.25, 0.3) is 0 Å². The van der Waals surface area contributed by atoms with E-state index in [4.69, 9.17) is 5.11 Å². The van der Waals surface area contributed by atoms with E-state index in [1.807, 2.05) is 13.8 Å². The summed E-state index contributed by atoms with van der Waals surface area (Å²) in [6, 6.07) is 4.47. The Bertz CT molecular complexity index is 438. The van der Waals surface area contributed by atoms with Crippen molar-refractivity contribution in [1.82, 2.24) is 4.90 Å². The third-order valence-corrected chi connectivity index (χ3v) is 3.04. The number of nitrogens with zero attached hydrogens (tertiary/aromatic N) is 1. The van der Waals surface area contributed by atoms with Crippen LogP contribution < -0.4 is 5.32 Å². The molecule has 0 aliphatic carbocycles. The first kappa shape index (κ1) is 16.4. The molecule has 1 rings (SSSR count). The number of benzene rings is 1. The van der Waals surface area contributed by atoms with Gasteiger partial charge in [0.15, 0.2) is 0 Å². The van der Waals surface area contributed by atoms with Crippen LogP contribution in [-0.2, 0) is 0 Å². The molecule has 0 radical (unpaired) electrons. The van der Waals surface area contributed by atoms with Crippen molar-refractivity contribution in [3.05, 3.63) is 29.6 Å². The molecule has 1 amide bonds. The van der Waals surface area contributed by atoms with Gasteiger partial charge in [-0.05, 0) is 25.5 Å².